The Balaban J connectivity index is 1.54. The zero-order chi connectivity index (χ0) is 18.5. The fraction of sp³-hybridized carbons (Fsp3) is 0.444. The van der Waals surface area contributed by atoms with Crippen LogP contribution >= 0.6 is 27.5 Å². The van der Waals surface area contributed by atoms with E-state index in [1.165, 1.54) is 5.56 Å². The lowest BCUT2D eigenvalue weighted by molar-refractivity contribution is 0.0896. The Hall–Kier alpha value is -1.41. The molecular formula is C18H24BrClN6. The largest absolute Gasteiger partial charge is 0.383 e. The summed E-state index contributed by atoms with van der Waals surface area (Å²) in [5, 5.41) is 3.53. The number of hydrogen-bond acceptors (Lipinski definition) is 6. The number of nitrogens with two attached hydrogens (primary N) is 1. The van der Waals surface area contributed by atoms with Crippen molar-refractivity contribution in [3.8, 4) is 0 Å². The van der Waals surface area contributed by atoms with Crippen LogP contribution in [0.15, 0.2) is 34.8 Å². The molecule has 1 aromatic heterocycles. The van der Waals surface area contributed by atoms with Crippen molar-refractivity contribution < 1.29 is 0 Å². The van der Waals surface area contributed by atoms with E-state index in [-0.39, 0.29) is 0 Å². The van der Waals surface area contributed by atoms with Crippen LogP contribution < -0.4 is 11.1 Å². The molecular weight excluding hydrogens is 416 g/mol. The summed E-state index contributed by atoms with van der Waals surface area (Å²) in [5.41, 5.74) is 7.18. The number of anilines is 2. The first-order valence-electron chi connectivity index (χ1n) is 8.74. The second-order valence-electron chi connectivity index (χ2n) is 6.54. The molecule has 1 atom stereocenters. The highest BCUT2D eigenvalue weighted by Gasteiger charge is 2.25. The molecule has 1 unspecified atom stereocenters. The highest BCUT2D eigenvalue weighted by molar-refractivity contribution is 9.10. The molecule has 2 aromatic rings. The summed E-state index contributed by atoms with van der Waals surface area (Å²) in [4.78, 5) is 13.3. The Bertz CT molecular complexity index is 706. The molecule has 3 N–H and O–H groups in total. The second-order valence-corrected chi connectivity index (χ2v) is 7.69. The minimum Gasteiger partial charge on any atom is -0.383 e. The average molecular weight is 440 g/mol. The van der Waals surface area contributed by atoms with Crippen LogP contribution in [0, 0.1) is 0 Å². The van der Waals surface area contributed by atoms with Gasteiger partial charge in [-0.25, -0.2) is 0 Å². The van der Waals surface area contributed by atoms with Crippen LogP contribution in [0.3, 0.4) is 0 Å². The molecule has 1 saturated heterocycles. The van der Waals surface area contributed by atoms with E-state index in [0.717, 1.165) is 39.1 Å². The lowest BCUT2D eigenvalue weighted by atomic mass is 10.0. The maximum Gasteiger partial charge on any atom is 0.226 e. The van der Waals surface area contributed by atoms with Gasteiger partial charge in [0.15, 0.2) is 5.15 Å². The zero-order valence-corrected chi connectivity index (χ0v) is 17.2. The molecule has 0 radical (unpaired) electrons. The van der Waals surface area contributed by atoms with Gasteiger partial charge in [-0.05, 0) is 35.0 Å². The smallest absolute Gasteiger partial charge is 0.226 e. The van der Waals surface area contributed by atoms with Gasteiger partial charge in [-0.3, -0.25) is 4.90 Å². The average Bonchev–Trinajstić information content (AvgIpc) is 2.65. The Morgan fingerprint density at radius 3 is 2.77 bits per heavy atom. The van der Waals surface area contributed by atoms with Gasteiger partial charge in [-0.1, -0.05) is 41.9 Å². The molecule has 140 valence electrons. The number of rotatable bonds is 6. The number of nitrogens with zero attached hydrogens (tertiary/aromatic N) is 4. The highest BCUT2D eigenvalue weighted by Crippen LogP contribution is 2.27. The maximum absolute atomic E-state index is 6.02. The van der Waals surface area contributed by atoms with Crippen molar-refractivity contribution >= 4 is 39.3 Å². The molecule has 1 aromatic carbocycles. The third-order valence-electron chi connectivity index (χ3n) is 4.62. The zero-order valence-electron chi connectivity index (χ0n) is 14.8. The maximum atomic E-state index is 6.02. The fourth-order valence-corrected chi connectivity index (χ4v) is 3.57. The van der Waals surface area contributed by atoms with Gasteiger partial charge in [-0.15, -0.1) is 0 Å². The summed E-state index contributed by atoms with van der Waals surface area (Å²) in [6, 6.07) is 11.2. The van der Waals surface area contributed by atoms with Crippen molar-refractivity contribution in [2.75, 3.05) is 50.8 Å². The van der Waals surface area contributed by atoms with Crippen molar-refractivity contribution in [2.24, 2.45) is 0 Å². The molecule has 1 aliphatic rings. The minimum atomic E-state index is 0.322. The van der Waals surface area contributed by atoms with E-state index in [9.17, 15) is 0 Å². The van der Waals surface area contributed by atoms with Crippen molar-refractivity contribution in [1.82, 2.24) is 19.8 Å². The van der Waals surface area contributed by atoms with Crippen LogP contribution in [-0.2, 0) is 0 Å². The monoisotopic (exact) mass is 438 g/mol. The number of hydrogen-bond donors (Lipinski definition) is 2. The summed E-state index contributed by atoms with van der Waals surface area (Å²) < 4.78 is 0.535. The molecule has 2 heterocycles. The number of benzene rings is 1. The van der Waals surface area contributed by atoms with Gasteiger partial charge >= 0.3 is 0 Å². The van der Waals surface area contributed by atoms with Gasteiger partial charge in [0.25, 0.3) is 0 Å². The fourth-order valence-electron chi connectivity index (χ4n) is 3.21. The first-order chi connectivity index (χ1) is 12.5. The number of likely N-dealkylation sites (N-methyl/N-ethyl adjacent to an activating group) is 1. The predicted octanol–water partition coefficient (Wildman–Crippen LogP) is 3.27. The van der Waals surface area contributed by atoms with Crippen LogP contribution in [0.1, 0.15) is 18.0 Å². The third-order valence-corrected chi connectivity index (χ3v) is 5.90. The lowest BCUT2D eigenvalue weighted by Crippen LogP contribution is -2.47. The lowest BCUT2D eigenvalue weighted by Gasteiger charge is -2.40. The van der Waals surface area contributed by atoms with Gasteiger partial charge in [0.1, 0.15) is 5.82 Å². The van der Waals surface area contributed by atoms with E-state index in [4.69, 9.17) is 17.3 Å². The molecule has 6 nitrogen and oxygen atoms in total. The van der Waals surface area contributed by atoms with Crippen LogP contribution in [0.2, 0.25) is 5.15 Å². The van der Waals surface area contributed by atoms with Gasteiger partial charge in [0.05, 0.1) is 4.47 Å². The van der Waals surface area contributed by atoms with Crippen LogP contribution in [0.25, 0.3) is 0 Å². The van der Waals surface area contributed by atoms with Gasteiger partial charge < -0.3 is 16.0 Å². The Labute approximate surface area is 167 Å². The van der Waals surface area contributed by atoms with Crippen molar-refractivity contribution in [1.29, 1.82) is 0 Å². The van der Waals surface area contributed by atoms with E-state index in [1.54, 1.807) is 0 Å². The van der Waals surface area contributed by atoms with E-state index < -0.39 is 0 Å². The highest BCUT2D eigenvalue weighted by atomic mass is 79.9. The molecule has 8 heteroatoms. The van der Waals surface area contributed by atoms with Crippen molar-refractivity contribution in [3.63, 3.8) is 0 Å². The molecule has 1 fully saturated rings. The number of halogens is 2. The van der Waals surface area contributed by atoms with Crippen LogP contribution in [0.5, 0.6) is 0 Å². The van der Waals surface area contributed by atoms with E-state index in [0.29, 0.717) is 27.4 Å². The Morgan fingerprint density at radius 1 is 1.27 bits per heavy atom. The SMILES string of the molecule is CN1CCN(CCCNc2nc(N)c(Br)c(Cl)n2)C(c2ccccc2)C1. The number of aromatic nitrogens is 2. The summed E-state index contributed by atoms with van der Waals surface area (Å²) >= 11 is 9.28. The van der Waals surface area contributed by atoms with Crippen LogP contribution in [-0.4, -0.2) is 59.5 Å². The first kappa shape index (κ1) is 19.4. The predicted molar refractivity (Wildman–Crippen MR) is 111 cm³/mol. The van der Waals surface area contributed by atoms with Crippen molar-refractivity contribution in [2.45, 2.75) is 12.5 Å². The third kappa shape index (κ3) is 4.85. The quantitative estimate of drug-likeness (QED) is 0.532. The molecule has 0 bridgehead atoms. The minimum absolute atomic E-state index is 0.322. The topological polar surface area (TPSA) is 70.3 Å². The van der Waals surface area contributed by atoms with E-state index in [2.05, 4.69) is 78.4 Å². The standard InChI is InChI=1S/C18H24BrClN6/c1-25-10-11-26(14(12-25)13-6-3-2-4-7-13)9-5-8-22-18-23-16(20)15(19)17(21)24-18/h2-4,6-7,14H,5,8-12H2,1H3,(H3,21,22,23,24). The van der Waals surface area contributed by atoms with Crippen LogP contribution in [0.4, 0.5) is 11.8 Å². The number of piperazine rings is 1. The first-order valence-corrected chi connectivity index (χ1v) is 9.91. The Morgan fingerprint density at radius 2 is 2.04 bits per heavy atom. The summed E-state index contributed by atoms with van der Waals surface area (Å²) in [7, 11) is 2.19. The van der Waals surface area contributed by atoms with Gasteiger partial charge in [0.2, 0.25) is 5.95 Å². The molecule has 1 aliphatic heterocycles. The normalized spacial score (nSPS) is 18.8. The van der Waals surface area contributed by atoms with Gasteiger partial charge in [-0.2, -0.15) is 9.97 Å². The molecule has 0 spiro atoms. The van der Waals surface area contributed by atoms with Gasteiger partial charge in [0, 0.05) is 38.8 Å². The number of nitrogens with one attached hydrogen (secondary N) is 1. The molecule has 0 aliphatic carbocycles. The Kier molecular flexibility index (Phi) is 6.69. The molecule has 0 amide bonds. The summed E-state index contributed by atoms with van der Waals surface area (Å²) in [6.07, 6.45) is 0.990. The van der Waals surface area contributed by atoms with E-state index in [1.807, 2.05) is 0 Å². The summed E-state index contributed by atoms with van der Waals surface area (Å²) in [6.45, 7) is 5.01. The van der Waals surface area contributed by atoms with E-state index >= 15 is 0 Å². The second kappa shape index (κ2) is 8.99. The summed E-state index contributed by atoms with van der Waals surface area (Å²) in [5.74, 6) is 0.810. The number of nitrogen functional groups attached to an aromatic ring is 1. The molecule has 3 rings (SSSR count). The van der Waals surface area contributed by atoms with Crippen molar-refractivity contribution in [3.05, 3.63) is 45.5 Å². The molecule has 0 saturated carbocycles. The molecule has 26 heavy (non-hydrogen) atoms.